The largest absolute Gasteiger partial charge is 0.493 e. The summed E-state index contributed by atoms with van der Waals surface area (Å²) in [5.74, 6) is -0.115. The first-order valence-corrected chi connectivity index (χ1v) is 9.28. The van der Waals surface area contributed by atoms with E-state index in [-0.39, 0.29) is 18.2 Å². The van der Waals surface area contributed by atoms with E-state index in [4.69, 9.17) is 4.74 Å². The number of ether oxygens (including phenoxy) is 1. The van der Waals surface area contributed by atoms with Gasteiger partial charge in [0.2, 0.25) is 5.88 Å². The molecule has 2 N–H and O–H groups in total. The van der Waals surface area contributed by atoms with E-state index in [2.05, 4.69) is 47.1 Å². The Morgan fingerprint density at radius 2 is 1.96 bits per heavy atom. The minimum Gasteiger partial charge on any atom is -0.493 e. The van der Waals surface area contributed by atoms with Crippen LogP contribution in [0.4, 0.5) is 5.69 Å². The number of aromatic hydroxyl groups is 1. The molecule has 6 nitrogen and oxygen atoms in total. The lowest BCUT2D eigenvalue weighted by molar-refractivity contribution is -0.120. The fourth-order valence-corrected chi connectivity index (χ4v) is 3.70. The maximum Gasteiger partial charge on any atom is 0.302 e. The number of aromatic amines is 1. The van der Waals surface area contributed by atoms with Gasteiger partial charge in [0.15, 0.2) is 12.3 Å². The number of azo groups is 1. The van der Waals surface area contributed by atoms with Crippen LogP contribution in [-0.4, -0.2) is 22.6 Å². The molecule has 0 radical (unpaired) electrons. The maximum atomic E-state index is 11.9. The number of hydrogen-bond acceptors (Lipinski definition) is 4. The zero-order valence-electron chi connectivity index (χ0n) is 14.0. The molecular formula is C18H15Br2N3O3. The van der Waals surface area contributed by atoms with Crippen molar-refractivity contribution in [1.82, 2.24) is 4.98 Å². The van der Waals surface area contributed by atoms with E-state index in [1.807, 2.05) is 32.0 Å². The van der Waals surface area contributed by atoms with Crippen LogP contribution in [0.1, 0.15) is 11.1 Å². The summed E-state index contributed by atoms with van der Waals surface area (Å²) >= 11 is 6.79. The molecule has 0 saturated carbocycles. The van der Waals surface area contributed by atoms with Gasteiger partial charge in [-0.25, -0.2) is 0 Å². The van der Waals surface area contributed by atoms with Gasteiger partial charge < -0.3 is 14.8 Å². The fraction of sp³-hybridized carbons (Fsp3) is 0.167. The van der Waals surface area contributed by atoms with Gasteiger partial charge in [-0.2, -0.15) is 0 Å². The summed E-state index contributed by atoms with van der Waals surface area (Å²) in [6, 6.07) is 9.20. The minimum atomic E-state index is -0.550. The van der Waals surface area contributed by atoms with Gasteiger partial charge in [-0.1, -0.05) is 22.0 Å². The van der Waals surface area contributed by atoms with Crippen LogP contribution in [0.25, 0.3) is 10.9 Å². The number of nitrogens with zero attached hydrogens (tertiary/aromatic N) is 2. The Bertz CT molecular complexity index is 1030. The number of hydrogen-bond donors (Lipinski definition) is 2. The zero-order valence-corrected chi connectivity index (χ0v) is 17.2. The highest BCUT2D eigenvalue weighted by molar-refractivity contribution is 9.11. The summed E-state index contributed by atoms with van der Waals surface area (Å²) < 4.78 is 7.00. The third-order valence-corrected chi connectivity index (χ3v) is 4.96. The van der Waals surface area contributed by atoms with Gasteiger partial charge in [-0.05, 0) is 65.2 Å². The van der Waals surface area contributed by atoms with Crippen molar-refractivity contribution in [3.05, 3.63) is 50.4 Å². The van der Waals surface area contributed by atoms with Gasteiger partial charge in [0.1, 0.15) is 5.75 Å². The Balaban J connectivity index is 1.75. The molecule has 26 heavy (non-hydrogen) atoms. The van der Waals surface area contributed by atoms with Crippen molar-refractivity contribution in [3.8, 4) is 11.6 Å². The van der Waals surface area contributed by atoms with Crippen LogP contribution in [0.5, 0.6) is 11.6 Å². The lowest BCUT2D eigenvalue weighted by atomic mass is 10.1. The minimum absolute atomic E-state index is 0.162. The summed E-state index contributed by atoms with van der Waals surface area (Å²) in [7, 11) is 0. The molecule has 8 heteroatoms. The predicted molar refractivity (Wildman–Crippen MR) is 106 cm³/mol. The van der Waals surface area contributed by atoms with Crippen molar-refractivity contribution < 1.29 is 14.6 Å². The molecule has 0 bridgehead atoms. The predicted octanol–water partition coefficient (Wildman–Crippen LogP) is 5.70. The van der Waals surface area contributed by atoms with Gasteiger partial charge in [-0.3, -0.25) is 4.79 Å². The van der Waals surface area contributed by atoms with Crippen molar-refractivity contribution in [2.75, 3.05) is 6.61 Å². The van der Waals surface area contributed by atoms with Crippen LogP contribution < -0.4 is 4.74 Å². The monoisotopic (exact) mass is 479 g/mol. The van der Waals surface area contributed by atoms with E-state index in [1.165, 1.54) is 0 Å². The molecular weight excluding hydrogens is 466 g/mol. The summed E-state index contributed by atoms with van der Waals surface area (Å²) in [6.45, 7) is 3.74. The molecule has 0 aliphatic rings. The summed E-state index contributed by atoms with van der Waals surface area (Å²) in [5.41, 5.74) is 3.09. The molecule has 1 amide bonds. The highest BCUT2D eigenvalue weighted by Crippen LogP contribution is 2.40. The molecule has 0 fully saturated rings. The summed E-state index contributed by atoms with van der Waals surface area (Å²) in [5, 5.41) is 18.2. The van der Waals surface area contributed by atoms with Crippen LogP contribution in [0.2, 0.25) is 0 Å². The number of carbonyl (C=O) groups excluding carboxylic acids is 1. The maximum absolute atomic E-state index is 11.9. The van der Waals surface area contributed by atoms with Crippen molar-refractivity contribution >= 4 is 54.4 Å². The summed E-state index contributed by atoms with van der Waals surface area (Å²) in [6.07, 6.45) is 0. The van der Waals surface area contributed by atoms with Crippen LogP contribution in [0.15, 0.2) is 49.5 Å². The van der Waals surface area contributed by atoms with E-state index in [9.17, 15) is 9.90 Å². The average molecular weight is 481 g/mol. The first kappa shape index (κ1) is 18.6. The molecule has 0 unspecified atom stereocenters. The first-order valence-electron chi connectivity index (χ1n) is 7.69. The smallest absolute Gasteiger partial charge is 0.302 e. The van der Waals surface area contributed by atoms with E-state index in [1.54, 1.807) is 12.1 Å². The molecule has 3 aromatic rings. The van der Waals surface area contributed by atoms with Crippen LogP contribution in [-0.2, 0) is 4.79 Å². The SMILES string of the molecule is Cc1ccc(OCC(=O)N=Nc2c(O)[nH]c3c(Br)cc(Br)cc23)cc1C. The van der Waals surface area contributed by atoms with E-state index in [0.29, 0.717) is 16.7 Å². The lowest BCUT2D eigenvalue weighted by Gasteiger charge is -2.05. The number of fused-ring (bicyclic) bond motifs is 1. The standard InChI is InChI=1S/C18H15Br2N3O3/c1-9-3-4-12(5-10(9)2)26-8-15(24)22-23-17-13-6-11(19)7-14(20)16(13)21-18(17)25/h3-7,21,25H,8H2,1-2H3. The second kappa shape index (κ2) is 7.59. The number of rotatable bonds is 4. The molecule has 134 valence electrons. The molecule has 0 aliphatic heterocycles. The highest BCUT2D eigenvalue weighted by atomic mass is 79.9. The number of carbonyl (C=O) groups is 1. The van der Waals surface area contributed by atoms with Crippen molar-refractivity contribution in [3.63, 3.8) is 0 Å². The van der Waals surface area contributed by atoms with Gasteiger partial charge in [0, 0.05) is 14.3 Å². The Morgan fingerprint density at radius 1 is 1.19 bits per heavy atom. The molecule has 1 heterocycles. The Morgan fingerprint density at radius 3 is 2.69 bits per heavy atom. The summed E-state index contributed by atoms with van der Waals surface area (Å²) in [4.78, 5) is 14.8. The van der Waals surface area contributed by atoms with Gasteiger partial charge in [0.05, 0.1) is 5.52 Å². The van der Waals surface area contributed by atoms with Gasteiger partial charge >= 0.3 is 5.91 Å². The molecule has 1 aromatic heterocycles. The Labute approximate surface area is 166 Å². The van der Waals surface area contributed by atoms with Crippen molar-refractivity contribution in [2.45, 2.75) is 13.8 Å². The van der Waals surface area contributed by atoms with E-state index >= 15 is 0 Å². The van der Waals surface area contributed by atoms with Gasteiger partial charge in [0.25, 0.3) is 0 Å². The zero-order chi connectivity index (χ0) is 18.8. The Hall–Kier alpha value is -2.19. The molecule has 2 aromatic carbocycles. The molecule has 0 spiro atoms. The first-order chi connectivity index (χ1) is 12.3. The second-order valence-corrected chi connectivity index (χ2v) is 7.53. The number of halogens is 2. The third-order valence-electron chi connectivity index (χ3n) is 3.88. The molecule has 0 saturated heterocycles. The highest BCUT2D eigenvalue weighted by Gasteiger charge is 2.14. The molecule has 0 atom stereocenters. The quantitative estimate of drug-likeness (QED) is 0.469. The number of amides is 1. The third kappa shape index (κ3) is 3.96. The van der Waals surface area contributed by atoms with Crippen LogP contribution in [0, 0.1) is 13.8 Å². The van der Waals surface area contributed by atoms with Crippen LogP contribution >= 0.6 is 31.9 Å². The fourth-order valence-electron chi connectivity index (χ4n) is 2.38. The van der Waals surface area contributed by atoms with Crippen molar-refractivity contribution in [2.24, 2.45) is 10.2 Å². The number of benzene rings is 2. The lowest BCUT2D eigenvalue weighted by Crippen LogP contribution is -2.08. The normalized spacial score (nSPS) is 11.4. The number of aromatic nitrogens is 1. The number of aryl methyl sites for hydroxylation is 2. The number of nitrogens with one attached hydrogen (secondary N) is 1. The average Bonchev–Trinajstić information content (AvgIpc) is 2.90. The van der Waals surface area contributed by atoms with Gasteiger partial charge in [-0.15, -0.1) is 10.2 Å². The van der Waals surface area contributed by atoms with E-state index in [0.717, 1.165) is 20.1 Å². The Kier molecular flexibility index (Phi) is 5.43. The molecule has 3 rings (SSSR count). The van der Waals surface area contributed by atoms with E-state index < -0.39 is 5.91 Å². The number of H-pyrrole nitrogens is 1. The molecule has 0 aliphatic carbocycles. The second-order valence-electron chi connectivity index (χ2n) is 5.76. The topological polar surface area (TPSA) is 87.0 Å². The van der Waals surface area contributed by atoms with Crippen LogP contribution in [0.3, 0.4) is 0 Å². The van der Waals surface area contributed by atoms with Crippen molar-refractivity contribution in [1.29, 1.82) is 0 Å².